The van der Waals surface area contributed by atoms with Crippen molar-refractivity contribution >= 4 is 17.4 Å². The number of nitrogens with two attached hydrogens (primary N) is 1. The van der Waals surface area contributed by atoms with Gasteiger partial charge >= 0.3 is 0 Å². The normalized spacial score (nSPS) is 10.5. The highest BCUT2D eigenvalue weighted by Crippen LogP contribution is 2.24. The molecule has 0 aliphatic heterocycles. The molecule has 0 radical (unpaired) electrons. The molecule has 0 unspecified atom stereocenters. The van der Waals surface area contributed by atoms with Crippen LogP contribution in [-0.2, 0) is 5.75 Å². The number of halogens is 2. The van der Waals surface area contributed by atoms with E-state index in [0.717, 1.165) is 11.0 Å². The molecule has 2 aromatic rings. The highest BCUT2D eigenvalue weighted by molar-refractivity contribution is 7.98. The Labute approximate surface area is 103 Å². The van der Waals surface area contributed by atoms with Crippen LogP contribution in [0.15, 0.2) is 47.4 Å². The molecule has 0 aromatic heterocycles. The Hall–Kier alpha value is -1.55. The first-order valence-corrected chi connectivity index (χ1v) is 6.06. The van der Waals surface area contributed by atoms with Gasteiger partial charge in [-0.1, -0.05) is 6.07 Å². The Morgan fingerprint density at radius 3 is 2.35 bits per heavy atom. The quantitative estimate of drug-likeness (QED) is 0.662. The van der Waals surface area contributed by atoms with Gasteiger partial charge in [-0.15, -0.1) is 11.8 Å². The largest absolute Gasteiger partial charge is 0.399 e. The van der Waals surface area contributed by atoms with Gasteiger partial charge in [-0.25, -0.2) is 8.78 Å². The van der Waals surface area contributed by atoms with Crippen molar-refractivity contribution in [2.24, 2.45) is 0 Å². The molecule has 0 aliphatic rings. The molecule has 0 aliphatic carbocycles. The molecule has 4 heteroatoms. The summed E-state index contributed by atoms with van der Waals surface area (Å²) in [7, 11) is 0. The van der Waals surface area contributed by atoms with E-state index in [2.05, 4.69) is 0 Å². The molecular formula is C13H11F2NS. The van der Waals surface area contributed by atoms with E-state index in [9.17, 15) is 8.78 Å². The molecule has 1 nitrogen and oxygen atoms in total. The highest BCUT2D eigenvalue weighted by atomic mass is 32.2. The lowest BCUT2D eigenvalue weighted by Crippen LogP contribution is -1.89. The lowest BCUT2D eigenvalue weighted by atomic mass is 10.2. The van der Waals surface area contributed by atoms with E-state index in [1.54, 1.807) is 12.1 Å². The predicted molar refractivity (Wildman–Crippen MR) is 66.8 cm³/mol. The number of hydrogen-bond donors (Lipinski definition) is 1. The van der Waals surface area contributed by atoms with Gasteiger partial charge in [-0.2, -0.15) is 0 Å². The van der Waals surface area contributed by atoms with Crippen molar-refractivity contribution in [1.82, 2.24) is 0 Å². The van der Waals surface area contributed by atoms with E-state index in [-0.39, 0.29) is 0 Å². The summed E-state index contributed by atoms with van der Waals surface area (Å²) in [6.07, 6.45) is 0. The average Bonchev–Trinajstić information content (AvgIpc) is 2.30. The van der Waals surface area contributed by atoms with Crippen molar-refractivity contribution in [3.8, 4) is 0 Å². The van der Waals surface area contributed by atoms with Crippen molar-refractivity contribution in [1.29, 1.82) is 0 Å². The van der Waals surface area contributed by atoms with Gasteiger partial charge in [0.1, 0.15) is 11.6 Å². The Morgan fingerprint density at radius 2 is 1.71 bits per heavy atom. The summed E-state index contributed by atoms with van der Waals surface area (Å²) >= 11 is 1.48. The minimum absolute atomic E-state index is 0.468. The van der Waals surface area contributed by atoms with Crippen LogP contribution < -0.4 is 5.73 Å². The number of nitrogen functional groups attached to an aromatic ring is 1. The fraction of sp³-hybridized carbons (Fsp3) is 0.0769. The van der Waals surface area contributed by atoms with Crippen LogP contribution >= 0.6 is 11.8 Å². The number of rotatable bonds is 3. The first-order valence-electron chi connectivity index (χ1n) is 5.07. The molecule has 0 heterocycles. The monoisotopic (exact) mass is 251 g/mol. The minimum atomic E-state index is -0.552. The summed E-state index contributed by atoms with van der Waals surface area (Å²) in [5.41, 5.74) is 6.75. The number of thioether (sulfide) groups is 1. The van der Waals surface area contributed by atoms with Crippen LogP contribution in [0.3, 0.4) is 0 Å². The topological polar surface area (TPSA) is 26.0 Å². The third kappa shape index (κ3) is 3.20. The molecule has 2 N–H and O–H groups in total. The van der Waals surface area contributed by atoms with Crippen LogP contribution in [0.4, 0.5) is 14.5 Å². The second-order valence-corrected chi connectivity index (χ2v) is 4.64. The van der Waals surface area contributed by atoms with Crippen molar-refractivity contribution in [3.63, 3.8) is 0 Å². The molecule has 2 aromatic carbocycles. The second kappa shape index (κ2) is 5.19. The fourth-order valence-corrected chi connectivity index (χ4v) is 2.25. The molecule has 0 atom stereocenters. The van der Waals surface area contributed by atoms with Gasteiger partial charge in [0.05, 0.1) is 0 Å². The Balaban J connectivity index is 2.04. The van der Waals surface area contributed by atoms with Gasteiger partial charge < -0.3 is 5.73 Å². The maximum absolute atomic E-state index is 13.3. The molecule has 0 bridgehead atoms. The van der Waals surface area contributed by atoms with Crippen molar-refractivity contribution in [2.75, 3.05) is 5.73 Å². The predicted octanol–water partition coefficient (Wildman–Crippen LogP) is 3.84. The van der Waals surface area contributed by atoms with Crippen LogP contribution in [0, 0.1) is 11.6 Å². The Bertz CT molecular complexity index is 511. The summed E-state index contributed by atoms with van der Waals surface area (Å²) < 4.78 is 26.0. The van der Waals surface area contributed by atoms with Crippen LogP contribution in [-0.4, -0.2) is 0 Å². The third-order valence-electron chi connectivity index (χ3n) is 2.29. The van der Waals surface area contributed by atoms with Gasteiger partial charge in [0.15, 0.2) is 0 Å². The van der Waals surface area contributed by atoms with E-state index < -0.39 is 11.6 Å². The zero-order valence-electron chi connectivity index (χ0n) is 8.99. The highest BCUT2D eigenvalue weighted by Gasteiger charge is 2.04. The van der Waals surface area contributed by atoms with E-state index in [1.165, 1.54) is 23.9 Å². The summed E-state index contributed by atoms with van der Waals surface area (Å²) in [5.74, 6) is -0.590. The summed E-state index contributed by atoms with van der Waals surface area (Å²) in [6.45, 7) is 0. The van der Waals surface area contributed by atoms with E-state index in [4.69, 9.17) is 5.73 Å². The molecule has 0 fully saturated rings. The first-order chi connectivity index (χ1) is 8.15. The van der Waals surface area contributed by atoms with Gasteiger partial charge in [0.25, 0.3) is 0 Å². The molecule has 0 saturated heterocycles. The minimum Gasteiger partial charge on any atom is -0.399 e. The van der Waals surface area contributed by atoms with Crippen LogP contribution in [0.2, 0.25) is 0 Å². The third-order valence-corrected chi connectivity index (χ3v) is 3.35. The lowest BCUT2D eigenvalue weighted by Gasteiger charge is -2.04. The second-order valence-electron chi connectivity index (χ2n) is 3.59. The maximum Gasteiger partial charge on any atom is 0.130 e. The molecular weight excluding hydrogens is 240 g/mol. The van der Waals surface area contributed by atoms with E-state index >= 15 is 0 Å². The van der Waals surface area contributed by atoms with Gasteiger partial charge in [0, 0.05) is 22.4 Å². The van der Waals surface area contributed by atoms with Crippen LogP contribution in [0.1, 0.15) is 5.56 Å². The number of hydrogen-bond acceptors (Lipinski definition) is 2. The van der Waals surface area contributed by atoms with Crippen molar-refractivity contribution in [2.45, 2.75) is 10.6 Å². The Kier molecular flexibility index (Phi) is 3.64. The van der Waals surface area contributed by atoms with E-state index in [0.29, 0.717) is 17.0 Å². The van der Waals surface area contributed by atoms with Gasteiger partial charge in [-0.05, 0) is 35.9 Å². The van der Waals surface area contributed by atoms with Crippen molar-refractivity contribution < 1.29 is 8.78 Å². The van der Waals surface area contributed by atoms with Crippen LogP contribution in [0.25, 0.3) is 0 Å². The van der Waals surface area contributed by atoms with Gasteiger partial charge in [0.2, 0.25) is 0 Å². The molecule has 0 amide bonds. The first kappa shape index (κ1) is 11.9. The van der Waals surface area contributed by atoms with Crippen molar-refractivity contribution in [3.05, 3.63) is 59.7 Å². The van der Waals surface area contributed by atoms with E-state index in [1.807, 2.05) is 12.1 Å². The number of benzene rings is 2. The SMILES string of the molecule is Nc1ccc(SCc2ccc(F)cc2F)cc1. The smallest absolute Gasteiger partial charge is 0.130 e. The average molecular weight is 251 g/mol. The number of anilines is 1. The fourth-order valence-electron chi connectivity index (χ4n) is 1.36. The zero-order chi connectivity index (χ0) is 12.3. The maximum atomic E-state index is 13.3. The molecule has 88 valence electrons. The molecule has 2 rings (SSSR count). The summed E-state index contributed by atoms with van der Waals surface area (Å²) in [6, 6.07) is 11.0. The lowest BCUT2D eigenvalue weighted by molar-refractivity contribution is 0.576. The summed E-state index contributed by atoms with van der Waals surface area (Å²) in [5, 5.41) is 0. The molecule has 0 spiro atoms. The molecule has 0 saturated carbocycles. The van der Waals surface area contributed by atoms with Gasteiger partial charge in [-0.3, -0.25) is 0 Å². The standard InChI is InChI=1S/C13H11F2NS/c14-10-2-1-9(13(15)7-10)8-17-12-5-3-11(16)4-6-12/h1-7H,8,16H2. The Morgan fingerprint density at radius 1 is 1.00 bits per heavy atom. The molecule has 17 heavy (non-hydrogen) atoms. The zero-order valence-corrected chi connectivity index (χ0v) is 9.81. The summed E-state index contributed by atoms with van der Waals surface area (Å²) in [4.78, 5) is 1.00. The van der Waals surface area contributed by atoms with Crippen LogP contribution in [0.5, 0.6) is 0 Å².